The van der Waals surface area contributed by atoms with Gasteiger partial charge in [-0.25, -0.2) is 4.79 Å². The molecular weight excluding hydrogens is 681 g/mol. The summed E-state index contributed by atoms with van der Waals surface area (Å²) in [6.07, 6.45) is -7.25. The lowest BCUT2D eigenvalue weighted by Gasteiger charge is -2.26. The van der Waals surface area contributed by atoms with Gasteiger partial charge >= 0.3 is 24.6 Å². The Hall–Kier alpha value is -3.45. The number of aliphatic carboxylic acids is 1. The van der Waals surface area contributed by atoms with Crippen LogP contribution in [0, 0.1) is 18.8 Å². The summed E-state index contributed by atoms with van der Waals surface area (Å²) < 4.78 is 123. The zero-order chi connectivity index (χ0) is 38.6. The molecule has 3 atom stereocenters. The van der Waals surface area contributed by atoms with Crippen LogP contribution in [-0.4, -0.2) is 28.1 Å². The molecule has 0 spiro atoms. The summed E-state index contributed by atoms with van der Waals surface area (Å²) in [7, 11) is 0. The van der Waals surface area contributed by atoms with Gasteiger partial charge in [0, 0.05) is 13.5 Å². The van der Waals surface area contributed by atoms with Crippen LogP contribution in [0.3, 0.4) is 0 Å². The number of hydrogen-bond acceptors (Lipinski definition) is 3. The number of alkyl halides is 9. The molecule has 14 heteroatoms. The second-order valence-corrected chi connectivity index (χ2v) is 12.7. The lowest BCUT2D eigenvalue weighted by molar-refractivity contribution is -0.143. The number of carbonyl (C=O) groups is 2. The van der Waals surface area contributed by atoms with Crippen LogP contribution in [-0.2, 0) is 34.6 Å². The SMILES string of the molecule is CC(=O)O.CCC.CCC(C)C1CCCCC1.Cc1ccc(C(F)(F)F)cc1CN1C(=O)OC(c2cc(C(F)(F)F)cc(C(F)(F)F)c2)C1C. The van der Waals surface area contributed by atoms with Crippen molar-refractivity contribution in [2.75, 3.05) is 0 Å². The maximum absolute atomic E-state index is 13.2. The molecule has 0 bridgehead atoms. The molecule has 0 radical (unpaired) electrons. The first-order valence-electron chi connectivity index (χ1n) is 16.6. The molecule has 50 heavy (non-hydrogen) atoms. The van der Waals surface area contributed by atoms with E-state index < -0.39 is 65.0 Å². The normalized spacial score (nSPS) is 18.8. The molecule has 1 aliphatic heterocycles. The Morgan fingerprint density at radius 2 is 1.32 bits per heavy atom. The molecule has 2 aliphatic rings. The third kappa shape index (κ3) is 14.0. The van der Waals surface area contributed by atoms with E-state index >= 15 is 0 Å². The molecule has 1 amide bonds. The second-order valence-electron chi connectivity index (χ2n) is 12.7. The summed E-state index contributed by atoms with van der Waals surface area (Å²) in [6, 6.07) is 2.70. The second kappa shape index (κ2) is 19.2. The lowest BCUT2D eigenvalue weighted by atomic mass is 9.80. The Morgan fingerprint density at radius 1 is 0.860 bits per heavy atom. The van der Waals surface area contributed by atoms with Gasteiger partial charge in [-0.3, -0.25) is 9.69 Å². The van der Waals surface area contributed by atoms with Gasteiger partial charge in [0.05, 0.1) is 22.7 Å². The van der Waals surface area contributed by atoms with Crippen molar-refractivity contribution in [2.24, 2.45) is 11.8 Å². The molecule has 2 fully saturated rings. The molecule has 3 unspecified atom stereocenters. The molecule has 284 valence electrons. The fourth-order valence-electron chi connectivity index (χ4n) is 5.54. The monoisotopic (exact) mass is 729 g/mol. The number of rotatable bonds is 5. The van der Waals surface area contributed by atoms with E-state index in [4.69, 9.17) is 14.6 Å². The third-order valence-electron chi connectivity index (χ3n) is 8.45. The molecule has 1 aliphatic carbocycles. The number of carbonyl (C=O) groups excluding carboxylic acids is 1. The van der Waals surface area contributed by atoms with Crippen LogP contribution in [0.15, 0.2) is 36.4 Å². The largest absolute Gasteiger partial charge is 0.481 e. The van der Waals surface area contributed by atoms with Crippen molar-refractivity contribution >= 4 is 12.1 Å². The van der Waals surface area contributed by atoms with Crippen molar-refractivity contribution in [1.82, 2.24) is 4.90 Å². The number of aryl methyl sites for hydroxylation is 1. The van der Waals surface area contributed by atoms with Crippen molar-refractivity contribution in [3.8, 4) is 0 Å². The molecule has 1 heterocycles. The van der Waals surface area contributed by atoms with Crippen LogP contribution >= 0.6 is 0 Å². The summed E-state index contributed by atoms with van der Waals surface area (Å²) in [4.78, 5) is 22.3. The molecule has 4 rings (SSSR count). The molecule has 2 aromatic rings. The van der Waals surface area contributed by atoms with Gasteiger partial charge in [0.15, 0.2) is 0 Å². The van der Waals surface area contributed by atoms with E-state index in [-0.39, 0.29) is 18.2 Å². The predicted octanol–water partition coefficient (Wildman–Crippen LogP) is 12.3. The van der Waals surface area contributed by atoms with Crippen LogP contribution in [0.1, 0.15) is 126 Å². The van der Waals surface area contributed by atoms with Crippen molar-refractivity contribution in [3.05, 3.63) is 69.8 Å². The number of benzene rings is 2. The van der Waals surface area contributed by atoms with Gasteiger partial charge in [-0.05, 0) is 72.7 Å². The van der Waals surface area contributed by atoms with Gasteiger partial charge < -0.3 is 9.84 Å². The molecule has 2 aromatic carbocycles. The summed E-state index contributed by atoms with van der Waals surface area (Å²) in [5.41, 5.74) is -4.11. The maximum atomic E-state index is 13.2. The maximum Gasteiger partial charge on any atom is 0.416 e. The van der Waals surface area contributed by atoms with E-state index in [0.717, 1.165) is 35.8 Å². The molecule has 1 saturated heterocycles. The Bertz CT molecular complexity index is 1330. The number of carboxylic acid groups (broad SMARTS) is 1. The topological polar surface area (TPSA) is 66.8 Å². The minimum Gasteiger partial charge on any atom is -0.481 e. The fourth-order valence-corrected chi connectivity index (χ4v) is 5.54. The number of hydrogen-bond donors (Lipinski definition) is 1. The van der Waals surface area contributed by atoms with Crippen molar-refractivity contribution < 1.29 is 58.9 Å². The highest BCUT2D eigenvalue weighted by molar-refractivity contribution is 5.71. The minimum absolute atomic E-state index is 0.0469. The zero-order valence-electron chi connectivity index (χ0n) is 29.5. The molecule has 5 nitrogen and oxygen atoms in total. The Morgan fingerprint density at radius 3 is 1.74 bits per heavy atom. The first-order valence-corrected chi connectivity index (χ1v) is 16.6. The van der Waals surface area contributed by atoms with Crippen molar-refractivity contribution in [3.63, 3.8) is 0 Å². The van der Waals surface area contributed by atoms with Crippen LogP contribution < -0.4 is 0 Å². The van der Waals surface area contributed by atoms with E-state index in [1.165, 1.54) is 64.9 Å². The Balaban J connectivity index is 0.000000604. The Kier molecular flexibility index (Phi) is 17.1. The van der Waals surface area contributed by atoms with E-state index in [2.05, 4.69) is 27.7 Å². The number of nitrogens with zero attached hydrogens (tertiary/aromatic N) is 1. The Labute approximate surface area is 288 Å². The minimum atomic E-state index is -5.09. The lowest BCUT2D eigenvalue weighted by Crippen LogP contribution is -2.32. The van der Waals surface area contributed by atoms with Gasteiger partial charge in [0.2, 0.25) is 0 Å². The van der Waals surface area contributed by atoms with E-state index in [0.29, 0.717) is 17.7 Å². The highest BCUT2D eigenvalue weighted by atomic mass is 19.4. The van der Waals surface area contributed by atoms with E-state index in [1.54, 1.807) is 0 Å². The summed E-state index contributed by atoms with van der Waals surface area (Å²) >= 11 is 0. The van der Waals surface area contributed by atoms with E-state index in [9.17, 15) is 44.3 Å². The predicted molar refractivity (Wildman–Crippen MR) is 172 cm³/mol. The fraction of sp³-hybridized carbons (Fsp3) is 0.611. The van der Waals surface area contributed by atoms with Crippen LogP contribution in [0.2, 0.25) is 0 Å². The van der Waals surface area contributed by atoms with Crippen LogP contribution in [0.25, 0.3) is 0 Å². The van der Waals surface area contributed by atoms with Gasteiger partial charge in [-0.15, -0.1) is 0 Å². The van der Waals surface area contributed by atoms with Crippen molar-refractivity contribution in [2.45, 2.75) is 131 Å². The van der Waals surface area contributed by atoms with Crippen LogP contribution in [0.5, 0.6) is 0 Å². The number of halogens is 9. The molecular formula is C36H48F9NO4. The average Bonchev–Trinajstić information content (AvgIpc) is 3.29. The molecule has 0 aromatic heterocycles. The number of ether oxygens (including phenoxy) is 1. The van der Waals surface area contributed by atoms with Gasteiger partial charge in [-0.1, -0.05) is 78.7 Å². The first-order chi connectivity index (χ1) is 23.0. The van der Waals surface area contributed by atoms with Crippen molar-refractivity contribution in [1.29, 1.82) is 0 Å². The van der Waals surface area contributed by atoms with E-state index in [1.807, 2.05) is 0 Å². The first kappa shape index (κ1) is 44.6. The average molecular weight is 730 g/mol. The molecule has 1 N–H and O–H groups in total. The highest BCUT2D eigenvalue weighted by Crippen LogP contribution is 2.41. The zero-order valence-corrected chi connectivity index (χ0v) is 29.5. The number of carboxylic acids is 1. The van der Waals surface area contributed by atoms with Gasteiger partial charge in [-0.2, -0.15) is 39.5 Å². The highest BCUT2D eigenvalue weighted by Gasteiger charge is 2.43. The number of amides is 1. The van der Waals surface area contributed by atoms with Gasteiger partial charge in [0.1, 0.15) is 6.10 Å². The summed E-state index contributed by atoms with van der Waals surface area (Å²) in [5, 5.41) is 7.42. The number of cyclic esters (lactones) is 1. The van der Waals surface area contributed by atoms with Gasteiger partial charge in [0.25, 0.3) is 5.97 Å². The van der Waals surface area contributed by atoms with Crippen LogP contribution in [0.4, 0.5) is 44.3 Å². The summed E-state index contributed by atoms with van der Waals surface area (Å²) in [5.74, 6) is 1.22. The smallest absolute Gasteiger partial charge is 0.416 e. The summed E-state index contributed by atoms with van der Waals surface area (Å²) in [6.45, 7) is 12.5. The quantitative estimate of drug-likeness (QED) is 0.311. The molecule has 1 saturated carbocycles. The third-order valence-corrected chi connectivity index (χ3v) is 8.45. The standard InChI is InChI=1S/C21H16F9NO2.C10H20.C3H8.C2H4O2/c1-10-3-4-14(19(22,23)24)7-13(10)9-31-11(2)17(33-18(31)32)12-5-15(20(25,26)27)8-16(6-12)21(28,29)30;1-3-9(2)10-7-5-4-6-8-10;1-3-2;1-2(3)4/h3-8,11,17H,9H2,1-2H3;9-10H,3-8H2,1-2H3;3H2,1-2H3;1H3,(H,3,4).